The van der Waals surface area contributed by atoms with Crippen LogP contribution in [-0.4, -0.2) is 33.5 Å². The molecule has 1 amide bonds. The number of benzene rings is 1. The van der Waals surface area contributed by atoms with E-state index in [-0.39, 0.29) is 17.7 Å². The Morgan fingerprint density at radius 2 is 2.03 bits per heavy atom. The molecule has 1 aromatic carbocycles. The Kier molecular flexibility index (Phi) is 5.04. The zero-order valence-electron chi connectivity index (χ0n) is 18.4. The van der Waals surface area contributed by atoms with Gasteiger partial charge in [0.25, 0.3) is 5.69 Å². The van der Waals surface area contributed by atoms with E-state index in [1.807, 2.05) is 23.9 Å². The second-order valence-electron chi connectivity index (χ2n) is 9.31. The minimum Gasteiger partial charge on any atom is -0.618 e. The summed E-state index contributed by atoms with van der Waals surface area (Å²) >= 11 is 0. The first-order chi connectivity index (χ1) is 15.3. The number of pyridine rings is 1. The van der Waals surface area contributed by atoms with E-state index in [1.165, 1.54) is 6.07 Å². The number of hydrogen-bond acceptors (Lipinski definition) is 5. The third-order valence-electron chi connectivity index (χ3n) is 6.70. The highest BCUT2D eigenvalue weighted by molar-refractivity contribution is 6.04. The molecule has 0 unspecified atom stereocenters. The molecule has 168 valence electrons. The van der Waals surface area contributed by atoms with Crippen LogP contribution in [0.4, 0.5) is 5.69 Å². The summed E-state index contributed by atoms with van der Waals surface area (Å²) in [4.78, 5) is 12.9. The van der Waals surface area contributed by atoms with E-state index in [4.69, 9.17) is 9.84 Å². The number of amides is 1. The summed E-state index contributed by atoms with van der Waals surface area (Å²) in [5, 5.41) is 31.3. The zero-order valence-corrected chi connectivity index (χ0v) is 18.4. The summed E-state index contributed by atoms with van der Waals surface area (Å²) < 4.78 is 8.19. The molecule has 2 N–H and O–H groups in total. The number of fused-ring (bicyclic) bond motifs is 1. The Morgan fingerprint density at radius 1 is 1.28 bits per heavy atom. The SMILES string of the molecule is COc1cc2nn(C3CCC(C)(O)CC3)cc2cc1NC(=O)c1cccc(C2CC2)[n+]1[O-]. The smallest absolute Gasteiger partial charge is 0.321 e. The number of ether oxygens (including phenoxy) is 1. The highest BCUT2D eigenvalue weighted by atomic mass is 16.5. The maximum atomic E-state index is 12.9. The Labute approximate surface area is 186 Å². The molecule has 0 spiro atoms. The number of carbonyl (C=O) groups excluding carboxylic acids is 1. The highest BCUT2D eigenvalue weighted by Gasteiger charge is 2.33. The molecule has 8 nitrogen and oxygen atoms in total. The van der Waals surface area contributed by atoms with Crippen molar-refractivity contribution in [1.29, 1.82) is 0 Å². The molecule has 2 saturated carbocycles. The summed E-state index contributed by atoms with van der Waals surface area (Å²) in [6.45, 7) is 1.88. The second kappa shape index (κ2) is 7.78. The van der Waals surface area contributed by atoms with Crippen molar-refractivity contribution in [3.63, 3.8) is 0 Å². The predicted octanol–water partition coefficient (Wildman–Crippen LogP) is 3.67. The lowest BCUT2D eigenvalue weighted by molar-refractivity contribution is -0.616. The van der Waals surface area contributed by atoms with Crippen molar-refractivity contribution in [2.75, 3.05) is 12.4 Å². The van der Waals surface area contributed by atoms with Gasteiger partial charge < -0.3 is 20.4 Å². The number of aromatic nitrogens is 3. The van der Waals surface area contributed by atoms with Gasteiger partial charge in [-0.2, -0.15) is 9.83 Å². The quantitative estimate of drug-likeness (QED) is 0.469. The third kappa shape index (κ3) is 3.90. The molecule has 0 atom stereocenters. The average Bonchev–Trinajstić information content (AvgIpc) is 3.52. The molecule has 2 aromatic heterocycles. The Bertz CT molecular complexity index is 1170. The molecule has 8 heteroatoms. The van der Waals surface area contributed by atoms with Gasteiger partial charge in [0, 0.05) is 35.7 Å². The lowest BCUT2D eigenvalue weighted by Gasteiger charge is -2.33. The van der Waals surface area contributed by atoms with Crippen molar-refractivity contribution in [3.8, 4) is 5.75 Å². The van der Waals surface area contributed by atoms with Crippen LogP contribution in [0.25, 0.3) is 10.9 Å². The summed E-state index contributed by atoms with van der Waals surface area (Å²) in [5.41, 5.74) is 1.38. The molecule has 2 fully saturated rings. The highest BCUT2D eigenvalue weighted by Crippen LogP contribution is 2.38. The van der Waals surface area contributed by atoms with Gasteiger partial charge in [-0.3, -0.25) is 9.48 Å². The maximum absolute atomic E-state index is 12.9. The minimum atomic E-state index is -0.598. The van der Waals surface area contributed by atoms with Gasteiger partial charge in [0.1, 0.15) is 5.75 Å². The average molecular weight is 437 g/mol. The molecule has 0 radical (unpaired) electrons. The van der Waals surface area contributed by atoms with Crippen molar-refractivity contribution in [2.45, 2.75) is 63.0 Å². The summed E-state index contributed by atoms with van der Waals surface area (Å²) in [7, 11) is 1.54. The molecular weight excluding hydrogens is 408 g/mol. The van der Waals surface area contributed by atoms with Gasteiger partial charge in [0.15, 0.2) is 5.69 Å². The van der Waals surface area contributed by atoms with Crippen LogP contribution in [0.2, 0.25) is 0 Å². The lowest BCUT2D eigenvalue weighted by atomic mass is 9.84. The largest absolute Gasteiger partial charge is 0.618 e. The van der Waals surface area contributed by atoms with Gasteiger partial charge in [-0.1, -0.05) is 0 Å². The molecule has 2 heterocycles. The van der Waals surface area contributed by atoms with E-state index in [0.717, 1.165) is 54.2 Å². The number of carbonyl (C=O) groups is 1. The van der Waals surface area contributed by atoms with Gasteiger partial charge in [0.2, 0.25) is 0 Å². The topological polar surface area (TPSA) is 103 Å². The fourth-order valence-electron chi connectivity index (χ4n) is 4.56. The van der Waals surface area contributed by atoms with Gasteiger partial charge in [-0.25, -0.2) is 0 Å². The summed E-state index contributed by atoms with van der Waals surface area (Å²) in [6.07, 6.45) is 7.16. The Hall–Kier alpha value is -3.13. The Balaban J connectivity index is 1.41. The van der Waals surface area contributed by atoms with Crippen LogP contribution < -0.4 is 14.8 Å². The van der Waals surface area contributed by atoms with E-state index in [1.54, 1.807) is 25.3 Å². The van der Waals surface area contributed by atoms with Crippen molar-refractivity contribution in [1.82, 2.24) is 9.78 Å². The van der Waals surface area contributed by atoms with E-state index in [2.05, 4.69) is 5.32 Å². The number of nitrogens with zero attached hydrogens (tertiary/aromatic N) is 3. The normalized spacial score (nSPS) is 23.3. The van der Waals surface area contributed by atoms with E-state index in [0.29, 0.717) is 17.1 Å². The van der Waals surface area contributed by atoms with Crippen molar-refractivity contribution < 1.29 is 19.4 Å². The number of rotatable bonds is 5. The van der Waals surface area contributed by atoms with Crippen LogP contribution in [0, 0.1) is 5.21 Å². The van der Waals surface area contributed by atoms with Crippen LogP contribution in [-0.2, 0) is 0 Å². The standard InChI is InChI=1S/C24H28N4O4/c1-24(30)10-8-17(9-11-24)27-14-16-12-19(22(32-2)13-18(16)26-27)25-23(29)21-5-3-4-20(28(21)31)15-6-7-15/h3-5,12-15,17,30H,6-11H2,1-2H3,(H,25,29). The molecule has 2 aliphatic rings. The fourth-order valence-corrected chi connectivity index (χ4v) is 4.56. The first kappa shape index (κ1) is 20.8. The number of nitrogens with one attached hydrogen (secondary N) is 1. The lowest BCUT2D eigenvalue weighted by Crippen LogP contribution is -2.40. The van der Waals surface area contributed by atoms with E-state index >= 15 is 0 Å². The van der Waals surface area contributed by atoms with Crippen LogP contribution in [0.5, 0.6) is 5.75 Å². The van der Waals surface area contributed by atoms with Crippen molar-refractivity contribution >= 4 is 22.5 Å². The molecule has 0 bridgehead atoms. The van der Waals surface area contributed by atoms with Gasteiger partial charge in [-0.05, 0) is 57.6 Å². The van der Waals surface area contributed by atoms with Crippen LogP contribution in [0.3, 0.4) is 0 Å². The maximum Gasteiger partial charge on any atom is 0.321 e. The van der Waals surface area contributed by atoms with Crippen LogP contribution in [0.15, 0.2) is 36.5 Å². The molecular formula is C24H28N4O4. The molecule has 3 aromatic rings. The molecule has 5 rings (SSSR count). The Morgan fingerprint density at radius 3 is 2.72 bits per heavy atom. The first-order valence-corrected chi connectivity index (χ1v) is 11.2. The van der Waals surface area contributed by atoms with Crippen LogP contribution in [0.1, 0.15) is 73.6 Å². The molecule has 0 saturated heterocycles. The predicted molar refractivity (Wildman–Crippen MR) is 120 cm³/mol. The number of methoxy groups -OCH3 is 1. The van der Waals surface area contributed by atoms with Crippen molar-refractivity contribution in [2.24, 2.45) is 0 Å². The number of anilines is 1. The summed E-state index contributed by atoms with van der Waals surface area (Å²) in [5.74, 6) is 0.265. The van der Waals surface area contributed by atoms with Crippen LogP contribution >= 0.6 is 0 Å². The first-order valence-electron chi connectivity index (χ1n) is 11.2. The fraction of sp³-hybridized carbons (Fsp3) is 0.458. The van der Waals surface area contributed by atoms with E-state index < -0.39 is 11.5 Å². The zero-order chi connectivity index (χ0) is 22.5. The van der Waals surface area contributed by atoms with Gasteiger partial charge >= 0.3 is 5.91 Å². The van der Waals surface area contributed by atoms with Gasteiger partial charge in [-0.15, -0.1) is 0 Å². The number of aliphatic hydroxyl groups is 1. The van der Waals surface area contributed by atoms with E-state index in [9.17, 15) is 15.1 Å². The van der Waals surface area contributed by atoms with Crippen molar-refractivity contribution in [3.05, 3.63) is 53.1 Å². The monoisotopic (exact) mass is 436 g/mol. The number of hydrogen-bond donors (Lipinski definition) is 2. The molecule has 0 aliphatic heterocycles. The molecule has 2 aliphatic carbocycles. The molecule has 32 heavy (non-hydrogen) atoms. The minimum absolute atomic E-state index is 0.0708. The second-order valence-corrected chi connectivity index (χ2v) is 9.31. The third-order valence-corrected chi connectivity index (χ3v) is 6.70. The van der Waals surface area contributed by atoms with Gasteiger partial charge in [0.05, 0.1) is 30.0 Å². The summed E-state index contributed by atoms with van der Waals surface area (Å²) in [6, 6.07) is 8.93.